The second-order valence-electron chi connectivity index (χ2n) is 12.8. The molecule has 0 unspecified atom stereocenters. The van der Waals surface area contributed by atoms with Gasteiger partial charge in [0.2, 0.25) is 0 Å². The Balaban J connectivity index is 5.66. The van der Waals surface area contributed by atoms with E-state index >= 15 is 0 Å². The van der Waals surface area contributed by atoms with Crippen LogP contribution in [0, 0.1) is 0 Å². The minimum absolute atomic E-state index is 0.0246. The van der Waals surface area contributed by atoms with Gasteiger partial charge in [0.15, 0.2) is 0 Å². The molecule has 0 bridgehead atoms. The Morgan fingerprint density at radius 2 is 1.25 bits per heavy atom. The van der Waals surface area contributed by atoms with Crippen molar-refractivity contribution in [3.63, 3.8) is 0 Å². The van der Waals surface area contributed by atoms with Crippen LogP contribution in [-0.2, 0) is 9.22 Å². The molecule has 28 heavy (non-hydrogen) atoms. The Hall–Kier alpha value is 0.431. The predicted octanol–water partition coefficient (Wildman–Crippen LogP) is 7.24. The van der Waals surface area contributed by atoms with Gasteiger partial charge in [-0.25, -0.2) is 0 Å². The lowest BCUT2D eigenvalue weighted by Crippen LogP contribution is -2.61. The molecule has 0 aromatic heterocycles. The van der Waals surface area contributed by atoms with E-state index in [4.69, 9.17) is 4.43 Å². The van der Waals surface area contributed by atoms with Gasteiger partial charge in [-0.3, -0.25) is 4.79 Å². The molecule has 0 aliphatic rings. The van der Waals surface area contributed by atoms with E-state index in [1.54, 1.807) is 0 Å². The number of hydrogen-bond acceptors (Lipinski definition) is 4. The van der Waals surface area contributed by atoms with Gasteiger partial charge in [0.05, 0.1) is 0 Å². The van der Waals surface area contributed by atoms with E-state index in [-0.39, 0.29) is 22.1 Å². The van der Waals surface area contributed by atoms with E-state index < -0.39 is 23.8 Å². The molecule has 0 rings (SSSR count). The summed E-state index contributed by atoms with van der Waals surface area (Å²) in [6.07, 6.45) is 0. The van der Waals surface area contributed by atoms with Crippen LogP contribution in [0.15, 0.2) is 0 Å². The molecule has 0 aromatic rings. The van der Waals surface area contributed by atoms with Crippen molar-refractivity contribution in [2.45, 2.75) is 123 Å². The van der Waals surface area contributed by atoms with Crippen LogP contribution < -0.4 is 4.98 Å². The summed E-state index contributed by atoms with van der Waals surface area (Å²) < 4.78 is 6.24. The van der Waals surface area contributed by atoms with Crippen LogP contribution in [0.5, 0.6) is 0 Å². The first-order valence-electron chi connectivity index (χ1n) is 10.6. The molecule has 0 aliphatic heterocycles. The van der Waals surface area contributed by atoms with Crippen molar-refractivity contribution >= 4 is 41.0 Å². The maximum Gasteiger partial charge on any atom is 0.310 e. The molecule has 7 heteroatoms. The van der Waals surface area contributed by atoms with E-state index in [0.717, 1.165) is 5.75 Å². The predicted molar refractivity (Wildman–Crippen MR) is 137 cm³/mol. The van der Waals surface area contributed by atoms with Crippen LogP contribution in [0.25, 0.3) is 0 Å². The van der Waals surface area contributed by atoms with Crippen LogP contribution in [0.3, 0.4) is 0 Å². The molecule has 0 spiro atoms. The van der Waals surface area contributed by atoms with Gasteiger partial charge in [0.1, 0.15) is 21.5 Å². The largest absolute Gasteiger partial charge is 0.518 e. The maximum absolute atomic E-state index is 13.4. The van der Waals surface area contributed by atoms with Crippen molar-refractivity contribution < 1.29 is 9.22 Å². The number of carbonyl (C=O) groups is 1. The fourth-order valence-corrected chi connectivity index (χ4v) is 8.71. The maximum atomic E-state index is 13.4. The fourth-order valence-electron chi connectivity index (χ4n) is 1.80. The molecule has 0 amide bonds. The van der Waals surface area contributed by atoms with E-state index in [9.17, 15) is 4.79 Å². The molecular formula is C21H49NO2SSi3. The topological polar surface area (TPSA) is 38.3 Å². The van der Waals surface area contributed by atoms with Crippen LogP contribution >= 0.6 is 11.2 Å². The monoisotopic (exact) mass is 463 g/mol. The standard InChI is InChI=1S/C21H49NO2SSi3/c1-19(2,3)26(10,11)22-17(16-25-28(14,15)21(7,8)9)18(23)24-27(12,13)20(4,5)6/h17,22H,16H2,1-15H3/t17-/m0/s1. The highest BCUT2D eigenvalue weighted by Gasteiger charge is 2.45. The third kappa shape index (κ3) is 7.60. The summed E-state index contributed by atoms with van der Waals surface area (Å²) in [5.74, 6) is 0.763. The number of carbonyl (C=O) groups excluding carboxylic acids is 1. The Morgan fingerprint density at radius 3 is 1.57 bits per heavy atom. The Morgan fingerprint density at radius 1 is 0.821 bits per heavy atom. The molecule has 3 nitrogen and oxygen atoms in total. The molecule has 0 saturated heterocycles. The number of hydrogen-bond donors (Lipinski definition) is 1. The first-order chi connectivity index (χ1) is 11.9. The van der Waals surface area contributed by atoms with Gasteiger partial charge in [-0.1, -0.05) is 88.5 Å². The second-order valence-corrected chi connectivity index (χ2v) is 31.7. The average Bonchev–Trinajstić information content (AvgIpc) is 2.38. The molecule has 1 N–H and O–H groups in total. The van der Waals surface area contributed by atoms with Crippen molar-refractivity contribution in [3.05, 3.63) is 0 Å². The Kier molecular flexibility index (Phi) is 9.03. The van der Waals surface area contributed by atoms with E-state index in [0.29, 0.717) is 5.04 Å². The number of nitrogens with one attached hydrogen (secondary N) is 1. The van der Waals surface area contributed by atoms with Crippen LogP contribution in [-0.4, -0.2) is 41.5 Å². The van der Waals surface area contributed by atoms with Gasteiger partial charge in [-0.15, -0.1) is 0 Å². The van der Waals surface area contributed by atoms with Gasteiger partial charge in [0.25, 0.3) is 8.32 Å². The zero-order valence-electron chi connectivity index (χ0n) is 21.5. The summed E-state index contributed by atoms with van der Waals surface area (Å²) in [6.45, 7) is 34.2. The molecule has 0 fully saturated rings. The van der Waals surface area contributed by atoms with E-state index in [1.165, 1.54) is 0 Å². The molecular weight excluding hydrogens is 415 g/mol. The molecule has 0 radical (unpaired) electrons. The molecule has 0 saturated carbocycles. The summed E-state index contributed by atoms with van der Waals surface area (Å²) in [6, 6.07) is -0.228. The van der Waals surface area contributed by atoms with Crippen molar-refractivity contribution in [3.8, 4) is 0 Å². The van der Waals surface area contributed by atoms with Crippen LogP contribution in [0.2, 0.25) is 54.4 Å². The van der Waals surface area contributed by atoms with Crippen LogP contribution in [0.4, 0.5) is 0 Å². The van der Waals surface area contributed by atoms with Gasteiger partial charge >= 0.3 is 5.97 Å². The van der Waals surface area contributed by atoms with Gasteiger partial charge in [-0.05, 0) is 28.2 Å². The average molecular weight is 464 g/mol. The van der Waals surface area contributed by atoms with Gasteiger partial charge in [0, 0.05) is 5.75 Å². The molecule has 1 atom stereocenters. The highest BCUT2D eigenvalue weighted by atomic mass is 32.4. The molecule has 0 aliphatic carbocycles. The lowest BCUT2D eigenvalue weighted by atomic mass is 10.2. The minimum atomic E-state index is -2.14. The Labute approximate surface area is 183 Å². The van der Waals surface area contributed by atoms with E-state index in [2.05, 4.69) is 107 Å². The van der Waals surface area contributed by atoms with Gasteiger partial charge in [-0.2, -0.15) is 11.2 Å². The smallest absolute Gasteiger partial charge is 0.310 e. The fraction of sp³-hybridized carbons (Fsp3) is 0.952. The zero-order chi connectivity index (χ0) is 23.0. The third-order valence-corrected chi connectivity index (χ3v) is 25.8. The third-order valence-electron chi connectivity index (χ3n) is 7.27. The quantitative estimate of drug-likeness (QED) is 0.404. The minimum Gasteiger partial charge on any atom is -0.518 e. The SMILES string of the molecule is CC(C)(C)[Si](C)(C)N[C@@H](CS[Si](C)(C)C(C)(C)C)C(=O)O[Si](C)(C)C(C)(C)C. The first kappa shape index (κ1) is 28.4. The summed E-state index contributed by atoms with van der Waals surface area (Å²) in [4.78, 5) is 17.2. The summed E-state index contributed by atoms with van der Waals surface area (Å²) in [5, 5.41) is 0.490. The lowest BCUT2D eigenvalue weighted by Gasteiger charge is -2.43. The highest BCUT2D eigenvalue weighted by molar-refractivity contribution is 8.29. The lowest BCUT2D eigenvalue weighted by molar-refractivity contribution is -0.136. The normalized spacial score (nSPS) is 16.1. The summed E-state index contributed by atoms with van der Waals surface area (Å²) in [7, 11) is -5.50. The van der Waals surface area contributed by atoms with Crippen molar-refractivity contribution in [1.29, 1.82) is 0 Å². The van der Waals surface area contributed by atoms with Crippen molar-refractivity contribution in [2.24, 2.45) is 0 Å². The van der Waals surface area contributed by atoms with Crippen molar-refractivity contribution in [2.75, 3.05) is 5.75 Å². The van der Waals surface area contributed by atoms with Crippen LogP contribution in [0.1, 0.15) is 62.3 Å². The molecule has 168 valence electrons. The number of rotatable bonds is 7. The Bertz CT molecular complexity index is 541. The van der Waals surface area contributed by atoms with Crippen molar-refractivity contribution in [1.82, 2.24) is 4.98 Å². The zero-order valence-corrected chi connectivity index (χ0v) is 25.3. The summed E-state index contributed by atoms with van der Waals surface area (Å²) >= 11 is 2.02. The molecule has 0 heterocycles. The second kappa shape index (κ2) is 8.89. The highest BCUT2D eigenvalue weighted by Crippen LogP contribution is 2.44. The van der Waals surface area contributed by atoms with E-state index in [1.807, 2.05) is 11.2 Å². The first-order valence-corrected chi connectivity index (χ1v) is 21.2. The summed E-state index contributed by atoms with van der Waals surface area (Å²) in [5.41, 5.74) is 0. The molecule has 0 aromatic carbocycles. The van der Waals surface area contributed by atoms with Gasteiger partial charge < -0.3 is 9.41 Å².